The van der Waals surface area contributed by atoms with Crippen LogP contribution in [0.4, 0.5) is 0 Å². The minimum Gasteiger partial charge on any atom is -0.308 e. The molecular formula is C16H23N. The molecule has 2 aliphatic rings. The Morgan fingerprint density at radius 1 is 1.06 bits per heavy atom. The van der Waals surface area contributed by atoms with Crippen molar-refractivity contribution >= 4 is 0 Å². The van der Waals surface area contributed by atoms with Crippen LogP contribution in [0.5, 0.6) is 0 Å². The molecule has 92 valence electrons. The molecular weight excluding hydrogens is 206 g/mol. The fraction of sp³-hybridized carbons (Fsp3) is 0.625. The van der Waals surface area contributed by atoms with Crippen LogP contribution in [-0.2, 0) is 5.54 Å². The SMILES string of the molecule is CC1(c2ccc(C3CCCC3)cc2)CCCN1. The lowest BCUT2D eigenvalue weighted by atomic mass is 9.88. The Kier molecular flexibility index (Phi) is 2.96. The minimum absolute atomic E-state index is 0.230. The molecule has 1 heteroatoms. The van der Waals surface area contributed by atoms with Crippen LogP contribution >= 0.6 is 0 Å². The van der Waals surface area contributed by atoms with E-state index in [-0.39, 0.29) is 5.54 Å². The molecule has 1 unspecified atom stereocenters. The molecule has 1 atom stereocenters. The second-order valence-electron chi connectivity index (χ2n) is 5.97. The fourth-order valence-electron chi connectivity index (χ4n) is 3.52. The Balaban J connectivity index is 1.79. The Hall–Kier alpha value is -0.820. The summed E-state index contributed by atoms with van der Waals surface area (Å²) in [6, 6.07) is 9.45. The summed E-state index contributed by atoms with van der Waals surface area (Å²) in [5.41, 5.74) is 3.26. The number of nitrogens with one attached hydrogen (secondary N) is 1. The van der Waals surface area contributed by atoms with E-state index in [1.807, 2.05) is 0 Å². The van der Waals surface area contributed by atoms with Crippen molar-refractivity contribution in [3.8, 4) is 0 Å². The van der Waals surface area contributed by atoms with Crippen LogP contribution in [0, 0.1) is 0 Å². The molecule has 0 radical (unpaired) electrons. The second-order valence-corrected chi connectivity index (χ2v) is 5.97. The third kappa shape index (κ3) is 2.13. The molecule has 1 aromatic carbocycles. The van der Waals surface area contributed by atoms with Gasteiger partial charge in [0.15, 0.2) is 0 Å². The van der Waals surface area contributed by atoms with Gasteiger partial charge in [-0.25, -0.2) is 0 Å². The van der Waals surface area contributed by atoms with Crippen LogP contribution in [0.2, 0.25) is 0 Å². The van der Waals surface area contributed by atoms with Gasteiger partial charge in [-0.3, -0.25) is 0 Å². The van der Waals surface area contributed by atoms with Gasteiger partial charge in [-0.2, -0.15) is 0 Å². The highest BCUT2D eigenvalue weighted by atomic mass is 15.0. The lowest BCUT2D eigenvalue weighted by Gasteiger charge is -2.25. The maximum atomic E-state index is 3.64. The van der Waals surface area contributed by atoms with E-state index < -0.39 is 0 Å². The first-order valence-corrected chi connectivity index (χ1v) is 7.13. The van der Waals surface area contributed by atoms with E-state index in [2.05, 4.69) is 36.5 Å². The summed E-state index contributed by atoms with van der Waals surface area (Å²) in [6.07, 6.45) is 8.22. The van der Waals surface area contributed by atoms with Gasteiger partial charge in [-0.15, -0.1) is 0 Å². The summed E-state index contributed by atoms with van der Waals surface area (Å²) in [7, 11) is 0. The van der Waals surface area contributed by atoms with Crippen molar-refractivity contribution in [1.82, 2.24) is 5.32 Å². The average Bonchev–Trinajstić information content (AvgIpc) is 3.01. The maximum absolute atomic E-state index is 3.64. The van der Waals surface area contributed by atoms with Crippen molar-refractivity contribution in [2.24, 2.45) is 0 Å². The van der Waals surface area contributed by atoms with E-state index in [9.17, 15) is 0 Å². The van der Waals surface area contributed by atoms with Gasteiger partial charge in [0.05, 0.1) is 0 Å². The van der Waals surface area contributed by atoms with Gasteiger partial charge < -0.3 is 5.32 Å². The summed E-state index contributed by atoms with van der Waals surface area (Å²) in [6.45, 7) is 3.51. The van der Waals surface area contributed by atoms with Crippen molar-refractivity contribution in [3.05, 3.63) is 35.4 Å². The van der Waals surface area contributed by atoms with E-state index in [4.69, 9.17) is 0 Å². The average molecular weight is 229 g/mol. The monoisotopic (exact) mass is 229 g/mol. The van der Waals surface area contributed by atoms with Gasteiger partial charge in [0, 0.05) is 5.54 Å². The van der Waals surface area contributed by atoms with Gasteiger partial charge >= 0.3 is 0 Å². The topological polar surface area (TPSA) is 12.0 Å². The molecule has 1 aliphatic carbocycles. The molecule has 1 saturated carbocycles. The summed E-state index contributed by atoms with van der Waals surface area (Å²) < 4.78 is 0. The molecule has 1 aromatic rings. The molecule has 2 fully saturated rings. The van der Waals surface area contributed by atoms with Gasteiger partial charge in [-0.05, 0) is 56.2 Å². The first-order valence-electron chi connectivity index (χ1n) is 7.13. The number of rotatable bonds is 2. The molecule has 17 heavy (non-hydrogen) atoms. The zero-order valence-corrected chi connectivity index (χ0v) is 10.8. The molecule has 1 heterocycles. The largest absolute Gasteiger partial charge is 0.308 e. The lowest BCUT2D eigenvalue weighted by Crippen LogP contribution is -2.32. The minimum atomic E-state index is 0.230. The first-order chi connectivity index (χ1) is 8.28. The Morgan fingerprint density at radius 2 is 1.76 bits per heavy atom. The molecule has 1 saturated heterocycles. The predicted molar refractivity (Wildman–Crippen MR) is 72.2 cm³/mol. The highest BCUT2D eigenvalue weighted by molar-refractivity contribution is 5.31. The third-order valence-corrected chi connectivity index (χ3v) is 4.74. The molecule has 3 rings (SSSR count). The Labute approximate surface area is 105 Å². The maximum Gasteiger partial charge on any atom is 0.0406 e. The van der Waals surface area contributed by atoms with E-state index >= 15 is 0 Å². The van der Waals surface area contributed by atoms with Gasteiger partial charge in [-0.1, -0.05) is 37.1 Å². The van der Waals surface area contributed by atoms with Crippen molar-refractivity contribution in [2.75, 3.05) is 6.54 Å². The summed E-state index contributed by atoms with van der Waals surface area (Å²) >= 11 is 0. The van der Waals surface area contributed by atoms with Crippen LogP contribution < -0.4 is 5.32 Å². The highest BCUT2D eigenvalue weighted by Crippen LogP contribution is 2.36. The zero-order chi connectivity index (χ0) is 11.7. The van der Waals surface area contributed by atoms with E-state index in [0.717, 1.165) is 5.92 Å². The normalized spacial score (nSPS) is 29.9. The highest BCUT2D eigenvalue weighted by Gasteiger charge is 2.29. The van der Waals surface area contributed by atoms with E-state index in [1.165, 1.54) is 50.6 Å². The van der Waals surface area contributed by atoms with E-state index in [1.54, 1.807) is 5.56 Å². The number of benzene rings is 1. The molecule has 1 aliphatic heterocycles. The molecule has 1 nitrogen and oxygen atoms in total. The Bertz CT molecular complexity index is 367. The molecule has 0 spiro atoms. The van der Waals surface area contributed by atoms with Gasteiger partial charge in [0.25, 0.3) is 0 Å². The summed E-state index contributed by atoms with van der Waals surface area (Å²) in [4.78, 5) is 0. The van der Waals surface area contributed by atoms with Crippen LogP contribution in [0.1, 0.15) is 62.5 Å². The van der Waals surface area contributed by atoms with Crippen LogP contribution in [0.15, 0.2) is 24.3 Å². The van der Waals surface area contributed by atoms with Crippen molar-refractivity contribution in [3.63, 3.8) is 0 Å². The van der Waals surface area contributed by atoms with Crippen molar-refractivity contribution < 1.29 is 0 Å². The van der Waals surface area contributed by atoms with E-state index in [0.29, 0.717) is 0 Å². The third-order valence-electron chi connectivity index (χ3n) is 4.74. The van der Waals surface area contributed by atoms with Crippen molar-refractivity contribution in [2.45, 2.75) is 56.9 Å². The Morgan fingerprint density at radius 3 is 2.35 bits per heavy atom. The summed E-state index contributed by atoms with van der Waals surface area (Å²) in [5.74, 6) is 0.841. The molecule has 1 N–H and O–H groups in total. The van der Waals surface area contributed by atoms with Crippen molar-refractivity contribution in [1.29, 1.82) is 0 Å². The van der Waals surface area contributed by atoms with Gasteiger partial charge in [0.1, 0.15) is 0 Å². The lowest BCUT2D eigenvalue weighted by molar-refractivity contribution is 0.434. The van der Waals surface area contributed by atoms with Gasteiger partial charge in [0.2, 0.25) is 0 Å². The summed E-state index contributed by atoms with van der Waals surface area (Å²) in [5, 5.41) is 3.64. The number of hydrogen-bond acceptors (Lipinski definition) is 1. The van der Waals surface area contributed by atoms with Crippen LogP contribution in [0.3, 0.4) is 0 Å². The van der Waals surface area contributed by atoms with Crippen LogP contribution in [0.25, 0.3) is 0 Å². The fourth-order valence-corrected chi connectivity index (χ4v) is 3.52. The number of hydrogen-bond donors (Lipinski definition) is 1. The predicted octanol–water partition coefficient (Wildman–Crippen LogP) is 3.94. The van der Waals surface area contributed by atoms with Crippen LogP contribution in [-0.4, -0.2) is 6.54 Å². The zero-order valence-electron chi connectivity index (χ0n) is 10.8. The molecule has 0 amide bonds. The smallest absolute Gasteiger partial charge is 0.0406 e. The quantitative estimate of drug-likeness (QED) is 0.810. The molecule has 0 aromatic heterocycles. The standard InChI is InChI=1S/C16H23N/c1-16(11-4-12-17-16)15-9-7-14(8-10-15)13-5-2-3-6-13/h7-10,13,17H,2-6,11-12H2,1H3. The second kappa shape index (κ2) is 4.45. The molecule has 0 bridgehead atoms. The first kappa shape index (κ1) is 11.3.